The predicted molar refractivity (Wildman–Crippen MR) is 52.0 cm³/mol. The van der Waals surface area contributed by atoms with E-state index in [4.69, 9.17) is 5.11 Å². The fourth-order valence-corrected chi connectivity index (χ4v) is 1.39. The van der Waals surface area contributed by atoms with Gasteiger partial charge in [0.25, 0.3) is 0 Å². The summed E-state index contributed by atoms with van der Waals surface area (Å²) in [5.41, 5.74) is 0.483. The van der Waals surface area contributed by atoms with Crippen molar-refractivity contribution in [3.63, 3.8) is 0 Å². The zero-order valence-corrected chi connectivity index (χ0v) is 8.62. The van der Waals surface area contributed by atoms with Crippen molar-refractivity contribution in [2.24, 2.45) is 7.05 Å². The Bertz CT molecular complexity index is 361. The van der Waals surface area contributed by atoms with E-state index in [0.29, 0.717) is 18.6 Å². The maximum absolute atomic E-state index is 11.1. The number of aromatic nitrogens is 2. The highest BCUT2D eigenvalue weighted by molar-refractivity contribution is 5.77. The van der Waals surface area contributed by atoms with Gasteiger partial charge in [-0.25, -0.2) is 9.78 Å². The first kappa shape index (κ1) is 11.2. The molecule has 82 valence electrons. The van der Waals surface area contributed by atoms with Gasteiger partial charge in [-0.3, -0.25) is 4.79 Å². The van der Waals surface area contributed by atoms with Gasteiger partial charge in [-0.05, 0) is 6.92 Å². The van der Waals surface area contributed by atoms with Crippen LogP contribution >= 0.6 is 0 Å². The average molecular weight is 211 g/mol. The zero-order chi connectivity index (χ0) is 11.4. The summed E-state index contributed by atoms with van der Waals surface area (Å²) in [7, 11) is 1.69. The molecule has 15 heavy (non-hydrogen) atoms. The molecule has 1 N–H and O–H groups in total. The third-order valence-corrected chi connectivity index (χ3v) is 2.20. The highest BCUT2D eigenvalue weighted by Gasteiger charge is 2.27. The average Bonchev–Trinajstić information content (AvgIpc) is 2.60. The van der Waals surface area contributed by atoms with Crippen LogP contribution in [-0.2, 0) is 16.6 Å². The van der Waals surface area contributed by atoms with Crippen molar-refractivity contribution in [3.8, 4) is 0 Å². The molecule has 1 aromatic heterocycles. The fourth-order valence-electron chi connectivity index (χ4n) is 1.39. The summed E-state index contributed by atoms with van der Waals surface area (Å²) in [5, 5.41) is 9.06. The Hall–Kier alpha value is -1.85. The molecule has 0 saturated carbocycles. The van der Waals surface area contributed by atoms with Gasteiger partial charge >= 0.3 is 5.97 Å². The predicted octanol–water partition coefficient (Wildman–Crippen LogP) is 0.0241. The summed E-state index contributed by atoms with van der Waals surface area (Å²) in [5.74, 6) is -1.06. The van der Waals surface area contributed by atoms with Crippen molar-refractivity contribution >= 4 is 12.4 Å². The van der Waals surface area contributed by atoms with Gasteiger partial charge in [0.15, 0.2) is 6.04 Å². The lowest BCUT2D eigenvalue weighted by Crippen LogP contribution is -2.34. The van der Waals surface area contributed by atoms with Gasteiger partial charge in [0.2, 0.25) is 6.41 Å². The van der Waals surface area contributed by atoms with Crippen LogP contribution in [-0.4, -0.2) is 38.5 Å². The second-order valence-electron chi connectivity index (χ2n) is 3.11. The van der Waals surface area contributed by atoms with Gasteiger partial charge in [0.1, 0.15) is 0 Å². The number of hydrogen-bond acceptors (Lipinski definition) is 3. The van der Waals surface area contributed by atoms with Gasteiger partial charge in [-0.15, -0.1) is 0 Å². The molecule has 0 saturated heterocycles. The standard InChI is InChI=1S/C9H13N3O3/c1-3-12(6-13)8(9(14)15)7-4-10-5-11(7)2/h4-6,8H,3H2,1-2H3,(H,14,15). The van der Waals surface area contributed by atoms with Crippen molar-refractivity contribution in [3.05, 3.63) is 18.2 Å². The fraction of sp³-hybridized carbons (Fsp3) is 0.444. The number of rotatable bonds is 5. The summed E-state index contributed by atoms with van der Waals surface area (Å²) < 4.78 is 1.59. The Kier molecular flexibility index (Phi) is 3.43. The number of hydrogen-bond donors (Lipinski definition) is 1. The second kappa shape index (κ2) is 4.59. The van der Waals surface area contributed by atoms with Crippen molar-refractivity contribution < 1.29 is 14.7 Å². The van der Waals surface area contributed by atoms with Crippen LogP contribution < -0.4 is 0 Å². The van der Waals surface area contributed by atoms with Crippen molar-refractivity contribution in [1.82, 2.24) is 14.5 Å². The van der Waals surface area contributed by atoms with Gasteiger partial charge in [0, 0.05) is 13.6 Å². The molecule has 1 heterocycles. The van der Waals surface area contributed by atoms with Crippen LogP contribution in [0.2, 0.25) is 0 Å². The summed E-state index contributed by atoms with van der Waals surface area (Å²) >= 11 is 0. The molecule has 0 radical (unpaired) electrons. The largest absolute Gasteiger partial charge is 0.479 e. The number of nitrogens with zero attached hydrogens (tertiary/aromatic N) is 3. The van der Waals surface area contributed by atoms with Gasteiger partial charge in [0.05, 0.1) is 18.2 Å². The maximum Gasteiger partial charge on any atom is 0.332 e. The molecule has 0 aliphatic carbocycles. The smallest absolute Gasteiger partial charge is 0.332 e. The molecule has 0 aromatic carbocycles. The topological polar surface area (TPSA) is 75.4 Å². The molecule has 6 heteroatoms. The lowest BCUT2D eigenvalue weighted by atomic mass is 10.2. The molecule has 1 unspecified atom stereocenters. The third-order valence-electron chi connectivity index (χ3n) is 2.20. The number of carbonyl (C=O) groups excluding carboxylic acids is 1. The summed E-state index contributed by atoms with van der Waals surface area (Å²) in [4.78, 5) is 26.8. The number of carboxylic acid groups (broad SMARTS) is 1. The summed E-state index contributed by atoms with van der Waals surface area (Å²) in [6.45, 7) is 2.06. The maximum atomic E-state index is 11.1. The van der Waals surface area contributed by atoms with Crippen LogP contribution in [0.4, 0.5) is 0 Å². The minimum atomic E-state index is -1.06. The Morgan fingerprint density at radius 1 is 1.80 bits per heavy atom. The van der Waals surface area contributed by atoms with Crippen LogP contribution in [0.1, 0.15) is 18.7 Å². The number of aliphatic carboxylic acids is 1. The normalized spacial score (nSPS) is 12.1. The Labute approximate surface area is 87.1 Å². The summed E-state index contributed by atoms with van der Waals surface area (Å²) in [6, 6.07) is -0.972. The molecule has 1 aromatic rings. The van der Waals surface area contributed by atoms with Crippen LogP contribution in [0, 0.1) is 0 Å². The second-order valence-corrected chi connectivity index (χ2v) is 3.11. The number of aryl methyl sites for hydroxylation is 1. The van der Waals surface area contributed by atoms with E-state index in [0.717, 1.165) is 0 Å². The van der Waals surface area contributed by atoms with Gasteiger partial charge in [-0.1, -0.05) is 0 Å². The van der Waals surface area contributed by atoms with Crippen LogP contribution in [0.5, 0.6) is 0 Å². The number of carbonyl (C=O) groups is 2. The van der Waals surface area contributed by atoms with E-state index in [-0.39, 0.29) is 0 Å². The van der Waals surface area contributed by atoms with E-state index in [2.05, 4.69) is 4.98 Å². The Morgan fingerprint density at radius 2 is 2.47 bits per heavy atom. The van der Waals surface area contributed by atoms with E-state index >= 15 is 0 Å². The first-order valence-electron chi connectivity index (χ1n) is 4.51. The molecule has 0 fully saturated rings. The minimum absolute atomic E-state index is 0.339. The SMILES string of the molecule is CCN(C=O)C(C(=O)O)c1cncn1C. The first-order valence-corrected chi connectivity index (χ1v) is 4.51. The molecular formula is C9H13N3O3. The van der Waals surface area contributed by atoms with Gasteiger partial charge < -0.3 is 14.6 Å². The number of amides is 1. The van der Waals surface area contributed by atoms with Crippen LogP contribution in [0.25, 0.3) is 0 Å². The first-order chi connectivity index (χ1) is 7.11. The Balaban J connectivity index is 3.08. The quantitative estimate of drug-likeness (QED) is 0.697. The monoisotopic (exact) mass is 211 g/mol. The molecule has 1 amide bonds. The lowest BCUT2D eigenvalue weighted by molar-refractivity contribution is -0.146. The lowest BCUT2D eigenvalue weighted by Gasteiger charge is -2.23. The highest BCUT2D eigenvalue weighted by Crippen LogP contribution is 2.18. The minimum Gasteiger partial charge on any atom is -0.479 e. The number of carboxylic acids is 1. The van der Waals surface area contributed by atoms with Crippen molar-refractivity contribution in [2.45, 2.75) is 13.0 Å². The van der Waals surface area contributed by atoms with E-state index in [1.54, 1.807) is 18.5 Å². The molecular weight excluding hydrogens is 198 g/mol. The van der Waals surface area contributed by atoms with Crippen molar-refractivity contribution in [2.75, 3.05) is 6.54 Å². The molecule has 0 spiro atoms. The third kappa shape index (κ3) is 2.15. The van der Waals surface area contributed by atoms with Gasteiger partial charge in [-0.2, -0.15) is 0 Å². The van der Waals surface area contributed by atoms with Crippen LogP contribution in [0.3, 0.4) is 0 Å². The number of likely N-dealkylation sites (N-methyl/N-ethyl adjacent to an activating group) is 1. The van der Waals surface area contributed by atoms with Crippen molar-refractivity contribution in [1.29, 1.82) is 0 Å². The number of imidazole rings is 1. The molecule has 0 aliphatic heterocycles. The highest BCUT2D eigenvalue weighted by atomic mass is 16.4. The zero-order valence-electron chi connectivity index (χ0n) is 8.62. The van der Waals surface area contributed by atoms with E-state index in [9.17, 15) is 9.59 Å². The van der Waals surface area contributed by atoms with E-state index in [1.807, 2.05) is 0 Å². The summed E-state index contributed by atoms with van der Waals surface area (Å²) in [6.07, 6.45) is 3.49. The molecule has 0 aliphatic rings. The molecule has 0 bridgehead atoms. The molecule has 1 rings (SSSR count). The van der Waals surface area contributed by atoms with E-state index < -0.39 is 12.0 Å². The molecule has 6 nitrogen and oxygen atoms in total. The van der Waals surface area contributed by atoms with Crippen LogP contribution in [0.15, 0.2) is 12.5 Å². The Morgan fingerprint density at radius 3 is 2.80 bits per heavy atom. The molecule has 1 atom stereocenters. The van der Waals surface area contributed by atoms with E-state index in [1.165, 1.54) is 17.4 Å².